The predicted octanol–water partition coefficient (Wildman–Crippen LogP) is 5.84. The largest absolute Gasteiger partial charge is 0.573 e. The lowest BCUT2D eigenvalue weighted by molar-refractivity contribution is -0.274. The second-order valence-electron chi connectivity index (χ2n) is 12.9. The predicted molar refractivity (Wildman–Crippen MR) is 149 cm³/mol. The normalized spacial score (nSPS) is 32.6. The van der Waals surface area contributed by atoms with Crippen molar-refractivity contribution in [2.24, 2.45) is 34.8 Å². The monoisotopic (exact) mass is 576 g/mol. The Morgan fingerprint density at radius 1 is 1.00 bits per heavy atom. The Bertz CT molecular complexity index is 1190. The standard InChI is InChI=1S/C30H40F4N6O/c31-24-16-38-28(37-15-20-3-1-2-4-25(20)41-30(32,33)34)40-27(24)39-17-29-11-19-9-21(12-29)26(22(10-19)13-29)36-14-18-5-7-23(35)8-6-18/h1-4,16,18-19,21-23,26,36H,5-15,17,35H2,(H2,37,38,39,40)/t18-,19?,21-,22+,23+,26-,29-. The van der Waals surface area contributed by atoms with Gasteiger partial charge in [-0.05, 0) is 99.5 Å². The number of halogens is 4. The molecule has 5 saturated carbocycles. The molecule has 1 aromatic heterocycles. The van der Waals surface area contributed by atoms with Crippen LogP contribution in [0, 0.1) is 34.9 Å². The van der Waals surface area contributed by atoms with E-state index in [0.717, 1.165) is 56.7 Å². The van der Waals surface area contributed by atoms with E-state index in [0.29, 0.717) is 30.5 Å². The fourth-order valence-electron chi connectivity index (χ4n) is 8.33. The number of ether oxygens (including phenoxy) is 1. The molecule has 0 spiro atoms. The third-order valence-electron chi connectivity index (χ3n) is 9.94. The summed E-state index contributed by atoms with van der Waals surface area (Å²) >= 11 is 0. The average Bonchev–Trinajstić information content (AvgIpc) is 2.92. The number of para-hydroxylation sites is 1. The van der Waals surface area contributed by atoms with Gasteiger partial charge in [-0.15, -0.1) is 13.2 Å². The zero-order chi connectivity index (χ0) is 28.6. The van der Waals surface area contributed by atoms with Crippen LogP contribution in [0.25, 0.3) is 0 Å². The van der Waals surface area contributed by atoms with Crippen molar-refractivity contribution in [3.8, 4) is 5.75 Å². The molecular formula is C30H40F4N6O. The Balaban J connectivity index is 1.05. The SMILES string of the molecule is N[C@H]1CC[C@@H](CN[C@@H]2[C@@H]3CC4C[C@H]2C[C@@](CNc2nc(NCc5ccccc5OC(F)(F)F)ncc2F)(C4)C3)CC1. The molecule has 5 N–H and O–H groups in total. The van der Waals surface area contributed by atoms with Crippen molar-refractivity contribution in [2.45, 2.75) is 82.8 Å². The molecule has 5 aliphatic rings. The van der Waals surface area contributed by atoms with E-state index >= 15 is 0 Å². The van der Waals surface area contributed by atoms with Crippen molar-refractivity contribution in [1.82, 2.24) is 15.3 Å². The Kier molecular flexibility index (Phi) is 8.02. The number of alkyl halides is 3. The van der Waals surface area contributed by atoms with Crippen LogP contribution in [0.2, 0.25) is 0 Å². The van der Waals surface area contributed by atoms with Crippen molar-refractivity contribution in [1.29, 1.82) is 0 Å². The molecule has 0 amide bonds. The quantitative estimate of drug-likeness (QED) is 0.264. The number of hydrogen-bond donors (Lipinski definition) is 4. The van der Waals surface area contributed by atoms with Crippen molar-refractivity contribution >= 4 is 11.8 Å². The third kappa shape index (κ3) is 6.71. The molecule has 1 heterocycles. The fourth-order valence-corrected chi connectivity index (χ4v) is 8.33. The maximum absolute atomic E-state index is 14.7. The van der Waals surface area contributed by atoms with Gasteiger partial charge in [0, 0.05) is 30.7 Å². The zero-order valence-electron chi connectivity index (χ0n) is 23.2. The third-order valence-corrected chi connectivity index (χ3v) is 9.94. The molecule has 1 unspecified atom stereocenters. The second-order valence-corrected chi connectivity index (χ2v) is 12.9. The maximum Gasteiger partial charge on any atom is 0.573 e. The van der Waals surface area contributed by atoms with Gasteiger partial charge >= 0.3 is 6.36 Å². The summed E-state index contributed by atoms with van der Waals surface area (Å²) in [5.41, 5.74) is 6.51. The Morgan fingerprint density at radius 3 is 2.46 bits per heavy atom. The van der Waals surface area contributed by atoms with E-state index in [4.69, 9.17) is 5.73 Å². The molecule has 5 aliphatic carbocycles. The lowest BCUT2D eigenvalue weighted by Gasteiger charge is -2.60. The highest BCUT2D eigenvalue weighted by atomic mass is 19.4. The summed E-state index contributed by atoms with van der Waals surface area (Å²) < 4.78 is 57.1. The fraction of sp³-hybridized carbons (Fsp3) is 0.667. The highest BCUT2D eigenvalue weighted by molar-refractivity contribution is 5.43. The maximum atomic E-state index is 14.7. The molecule has 7 nitrogen and oxygen atoms in total. The molecule has 7 rings (SSSR count). The Hall–Kier alpha value is -2.66. The number of hydrogen-bond acceptors (Lipinski definition) is 7. The summed E-state index contributed by atoms with van der Waals surface area (Å²) in [6, 6.07) is 6.82. The number of nitrogens with one attached hydrogen (secondary N) is 3. The molecule has 5 atom stereocenters. The van der Waals surface area contributed by atoms with E-state index in [1.807, 2.05) is 0 Å². The van der Waals surface area contributed by atoms with Crippen molar-refractivity contribution in [3.05, 3.63) is 41.8 Å². The van der Waals surface area contributed by atoms with Gasteiger partial charge in [-0.1, -0.05) is 18.2 Å². The smallest absolute Gasteiger partial charge is 0.405 e. The van der Waals surface area contributed by atoms with Gasteiger partial charge in [0.15, 0.2) is 11.6 Å². The summed E-state index contributed by atoms with van der Waals surface area (Å²) in [4.78, 5) is 8.31. The van der Waals surface area contributed by atoms with Crippen LogP contribution in [-0.2, 0) is 6.54 Å². The first kappa shape index (κ1) is 28.5. The van der Waals surface area contributed by atoms with Crippen LogP contribution in [0.15, 0.2) is 30.5 Å². The van der Waals surface area contributed by atoms with Gasteiger partial charge in [0.25, 0.3) is 0 Å². The number of nitrogens with two attached hydrogens (primary N) is 1. The lowest BCUT2D eigenvalue weighted by Crippen LogP contribution is -2.60. The lowest BCUT2D eigenvalue weighted by atomic mass is 9.48. The van der Waals surface area contributed by atoms with Gasteiger partial charge in [0.05, 0.1) is 6.20 Å². The summed E-state index contributed by atoms with van der Waals surface area (Å²) in [5.74, 6) is 2.17. The first-order valence-corrected chi connectivity index (χ1v) is 15.0. The van der Waals surface area contributed by atoms with E-state index in [-0.39, 0.29) is 35.0 Å². The van der Waals surface area contributed by atoms with Crippen molar-refractivity contribution < 1.29 is 22.3 Å². The molecule has 11 heteroatoms. The number of benzene rings is 1. The van der Waals surface area contributed by atoms with Gasteiger partial charge in [-0.25, -0.2) is 9.37 Å². The van der Waals surface area contributed by atoms with Crippen molar-refractivity contribution in [3.63, 3.8) is 0 Å². The average molecular weight is 577 g/mol. The minimum Gasteiger partial charge on any atom is -0.405 e. The van der Waals surface area contributed by atoms with Crippen LogP contribution in [0.4, 0.5) is 29.3 Å². The van der Waals surface area contributed by atoms with Crippen LogP contribution < -0.4 is 26.4 Å². The number of nitrogens with zero attached hydrogens (tertiary/aromatic N) is 2. The topological polar surface area (TPSA) is 97.1 Å². The van der Waals surface area contributed by atoms with E-state index in [1.54, 1.807) is 6.07 Å². The molecule has 0 radical (unpaired) electrons. The zero-order valence-corrected chi connectivity index (χ0v) is 23.2. The summed E-state index contributed by atoms with van der Waals surface area (Å²) in [5, 5.41) is 10.2. The number of aromatic nitrogens is 2. The minimum absolute atomic E-state index is 0.00560. The highest BCUT2D eigenvalue weighted by Crippen LogP contribution is 2.60. The molecule has 41 heavy (non-hydrogen) atoms. The molecular weight excluding hydrogens is 536 g/mol. The first-order valence-electron chi connectivity index (χ1n) is 15.0. The highest BCUT2D eigenvalue weighted by Gasteiger charge is 2.55. The van der Waals surface area contributed by atoms with Gasteiger partial charge in [0.1, 0.15) is 5.75 Å². The van der Waals surface area contributed by atoms with Crippen LogP contribution in [0.5, 0.6) is 5.75 Å². The van der Waals surface area contributed by atoms with Crippen LogP contribution in [-0.4, -0.2) is 41.5 Å². The molecule has 2 aromatic rings. The molecule has 0 saturated heterocycles. The Morgan fingerprint density at radius 2 is 1.73 bits per heavy atom. The van der Waals surface area contributed by atoms with E-state index in [1.165, 1.54) is 43.9 Å². The van der Waals surface area contributed by atoms with Gasteiger partial charge < -0.3 is 26.4 Å². The van der Waals surface area contributed by atoms with Gasteiger partial charge in [0.2, 0.25) is 5.95 Å². The van der Waals surface area contributed by atoms with E-state index < -0.39 is 12.2 Å². The Labute approximate surface area is 238 Å². The van der Waals surface area contributed by atoms with E-state index in [2.05, 4.69) is 30.7 Å². The van der Waals surface area contributed by atoms with Crippen LogP contribution >= 0.6 is 0 Å². The molecule has 1 aromatic carbocycles. The summed E-state index contributed by atoms with van der Waals surface area (Å²) in [6.07, 6.45) is 7.00. The molecule has 224 valence electrons. The van der Waals surface area contributed by atoms with Crippen molar-refractivity contribution in [2.75, 3.05) is 23.7 Å². The van der Waals surface area contributed by atoms with Gasteiger partial charge in [-0.2, -0.15) is 4.98 Å². The van der Waals surface area contributed by atoms with Gasteiger partial charge in [-0.3, -0.25) is 0 Å². The molecule has 4 bridgehead atoms. The van der Waals surface area contributed by atoms with Crippen LogP contribution in [0.1, 0.15) is 63.4 Å². The summed E-state index contributed by atoms with van der Waals surface area (Å²) in [7, 11) is 0. The minimum atomic E-state index is -4.79. The second kappa shape index (κ2) is 11.6. The van der Waals surface area contributed by atoms with E-state index in [9.17, 15) is 17.6 Å². The van der Waals surface area contributed by atoms with Crippen LogP contribution in [0.3, 0.4) is 0 Å². The molecule has 0 aliphatic heterocycles. The molecule has 5 fully saturated rings. The summed E-state index contributed by atoms with van der Waals surface area (Å²) in [6.45, 7) is 1.74. The number of anilines is 2. The number of rotatable bonds is 10. The first-order chi connectivity index (χ1) is 19.6.